The smallest absolute Gasteiger partial charge is 0.310 e. The zero-order valence-corrected chi connectivity index (χ0v) is 21.4. The second-order valence-electron chi connectivity index (χ2n) is 7.87. The molecular weight excluding hydrogens is 534 g/mol. The first-order valence-corrected chi connectivity index (χ1v) is 11.9. The predicted octanol–water partition coefficient (Wildman–Crippen LogP) is 6.03. The maximum absolute atomic E-state index is 13.4. The standard InChI is InChI=1S/C27H21BrClNO5/c1-16-22(14-26(32)35-15-25(31)18-4-3-5-19(28)12-18)23-13-21(34-2)10-11-24(23)30(16)27(33)17-6-8-20(29)9-7-17/h3-13H,14-15H2,1-2H3. The summed E-state index contributed by atoms with van der Waals surface area (Å²) in [6.45, 7) is 1.40. The summed E-state index contributed by atoms with van der Waals surface area (Å²) in [5.74, 6) is -0.539. The molecule has 0 saturated carbocycles. The van der Waals surface area contributed by atoms with Crippen molar-refractivity contribution < 1.29 is 23.9 Å². The van der Waals surface area contributed by atoms with Crippen LogP contribution in [0.5, 0.6) is 5.75 Å². The van der Waals surface area contributed by atoms with Gasteiger partial charge in [-0.05, 0) is 67.1 Å². The molecule has 0 amide bonds. The van der Waals surface area contributed by atoms with Crippen LogP contribution in [0.4, 0.5) is 0 Å². The summed E-state index contributed by atoms with van der Waals surface area (Å²) in [5.41, 5.74) is 2.76. The van der Waals surface area contributed by atoms with Crippen molar-refractivity contribution in [2.75, 3.05) is 13.7 Å². The number of carbonyl (C=O) groups is 3. The molecule has 0 unspecified atom stereocenters. The normalized spacial score (nSPS) is 10.9. The van der Waals surface area contributed by atoms with E-state index < -0.39 is 5.97 Å². The Morgan fingerprint density at radius 1 is 0.971 bits per heavy atom. The lowest BCUT2D eigenvalue weighted by atomic mass is 10.1. The van der Waals surface area contributed by atoms with Crippen LogP contribution in [0.3, 0.4) is 0 Å². The van der Waals surface area contributed by atoms with E-state index in [2.05, 4.69) is 15.9 Å². The summed E-state index contributed by atoms with van der Waals surface area (Å²) in [7, 11) is 1.55. The molecule has 0 atom stereocenters. The van der Waals surface area contributed by atoms with Gasteiger partial charge in [0.05, 0.1) is 19.0 Å². The number of ketones is 1. The Hall–Kier alpha value is -3.42. The van der Waals surface area contributed by atoms with Crippen molar-refractivity contribution in [3.05, 3.63) is 98.6 Å². The topological polar surface area (TPSA) is 74.6 Å². The van der Waals surface area contributed by atoms with Crippen molar-refractivity contribution in [2.24, 2.45) is 0 Å². The number of esters is 1. The quantitative estimate of drug-likeness (QED) is 0.206. The minimum absolute atomic E-state index is 0.109. The van der Waals surface area contributed by atoms with Gasteiger partial charge < -0.3 is 9.47 Å². The molecule has 0 fully saturated rings. The molecule has 8 heteroatoms. The maximum atomic E-state index is 13.4. The monoisotopic (exact) mass is 553 g/mol. The second kappa shape index (κ2) is 10.5. The Labute approximate surface area is 215 Å². The lowest BCUT2D eigenvalue weighted by Gasteiger charge is -2.08. The molecule has 3 aromatic carbocycles. The number of halogens is 2. The largest absolute Gasteiger partial charge is 0.497 e. The first-order valence-electron chi connectivity index (χ1n) is 10.7. The predicted molar refractivity (Wildman–Crippen MR) is 138 cm³/mol. The number of methoxy groups -OCH3 is 1. The number of nitrogens with zero attached hydrogens (tertiary/aromatic N) is 1. The van der Waals surface area contributed by atoms with E-state index >= 15 is 0 Å². The third-order valence-corrected chi connectivity index (χ3v) is 6.41. The fourth-order valence-electron chi connectivity index (χ4n) is 3.88. The molecule has 1 aromatic heterocycles. The van der Waals surface area contributed by atoms with Crippen LogP contribution in [0.15, 0.2) is 71.2 Å². The average molecular weight is 555 g/mol. The number of hydrogen-bond donors (Lipinski definition) is 0. The lowest BCUT2D eigenvalue weighted by molar-refractivity contribution is -0.141. The maximum Gasteiger partial charge on any atom is 0.310 e. The van der Waals surface area contributed by atoms with Crippen LogP contribution < -0.4 is 4.74 Å². The zero-order chi connectivity index (χ0) is 25.1. The van der Waals surface area contributed by atoms with Gasteiger partial charge in [0.15, 0.2) is 12.4 Å². The molecule has 0 N–H and O–H groups in total. The van der Waals surface area contributed by atoms with E-state index in [-0.39, 0.29) is 24.7 Å². The fraction of sp³-hybridized carbons (Fsp3) is 0.148. The number of aromatic nitrogens is 1. The third kappa shape index (κ3) is 5.31. The number of Topliss-reactive ketones (excluding diaryl/α,β-unsaturated/α-hetero) is 1. The van der Waals surface area contributed by atoms with Gasteiger partial charge in [-0.2, -0.15) is 0 Å². The second-order valence-corrected chi connectivity index (χ2v) is 9.22. The van der Waals surface area contributed by atoms with Gasteiger partial charge in [-0.25, -0.2) is 0 Å². The van der Waals surface area contributed by atoms with E-state index in [1.807, 2.05) is 0 Å². The van der Waals surface area contributed by atoms with Crippen molar-refractivity contribution in [3.63, 3.8) is 0 Å². The molecular formula is C27H21BrClNO5. The van der Waals surface area contributed by atoms with Crippen molar-refractivity contribution >= 4 is 56.1 Å². The molecule has 0 aliphatic rings. The Kier molecular flexibility index (Phi) is 7.38. The van der Waals surface area contributed by atoms with Gasteiger partial charge in [-0.15, -0.1) is 0 Å². The van der Waals surface area contributed by atoms with Crippen LogP contribution in [0.25, 0.3) is 10.9 Å². The van der Waals surface area contributed by atoms with E-state index in [1.165, 1.54) is 0 Å². The summed E-state index contributed by atoms with van der Waals surface area (Å²) in [6, 6.07) is 18.8. The molecule has 0 radical (unpaired) electrons. The summed E-state index contributed by atoms with van der Waals surface area (Å²) in [6.07, 6.45) is -0.109. The molecule has 0 bridgehead atoms. The highest BCUT2D eigenvalue weighted by atomic mass is 79.9. The zero-order valence-electron chi connectivity index (χ0n) is 19.0. The molecule has 1 heterocycles. The summed E-state index contributed by atoms with van der Waals surface area (Å²) >= 11 is 9.30. The van der Waals surface area contributed by atoms with Gasteiger partial charge in [0.25, 0.3) is 5.91 Å². The van der Waals surface area contributed by atoms with Crippen LogP contribution >= 0.6 is 27.5 Å². The number of ether oxygens (including phenoxy) is 2. The first kappa shape index (κ1) is 24.7. The van der Waals surface area contributed by atoms with Gasteiger partial charge in [-0.1, -0.05) is 39.7 Å². The number of rotatable bonds is 7. The highest BCUT2D eigenvalue weighted by Crippen LogP contribution is 2.31. The highest BCUT2D eigenvalue weighted by molar-refractivity contribution is 9.10. The number of hydrogen-bond acceptors (Lipinski definition) is 5. The minimum Gasteiger partial charge on any atom is -0.497 e. The van der Waals surface area contributed by atoms with E-state index in [4.69, 9.17) is 21.1 Å². The summed E-state index contributed by atoms with van der Waals surface area (Å²) in [4.78, 5) is 38.5. The van der Waals surface area contributed by atoms with Crippen molar-refractivity contribution in [1.29, 1.82) is 0 Å². The third-order valence-electron chi connectivity index (χ3n) is 5.67. The van der Waals surface area contributed by atoms with E-state index in [0.29, 0.717) is 44.1 Å². The highest BCUT2D eigenvalue weighted by Gasteiger charge is 2.23. The molecule has 178 valence electrons. The molecule has 0 aliphatic carbocycles. The molecule has 4 rings (SSSR count). The molecule has 35 heavy (non-hydrogen) atoms. The Balaban J connectivity index is 1.63. The molecule has 0 aliphatic heterocycles. The van der Waals surface area contributed by atoms with E-state index in [9.17, 15) is 14.4 Å². The van der Waals surface area contributed by atoms with Crippen LogP contribution in [-0.2, 0) is 16.0 Å². The minimum atomic E-state index is -0.572. The van der Waals surface area contributed by atoms with Crippen molar-refractivity contribution in [1.82, 2.24) is 4.57 Å². The van der Waals surface area contributed by atoms with Crippen molar-refractivity contribution in [3.8, 4) is 5.75 Å². The lowest BCUT2D eigenvalue weighted by Crippen LogP contribution is -2.17. The fourth-order valence-corrected chi connectivity index (χ4v) is 4.41. The van der Waals surface area contributed by atoms with Gasteiger partial charge in [0.1, 0.15) is 5.75 Å². The van der Waals surface area contributed by atoms with Gasteiger partial charge >= 0.3 is 5.97 Å². The number of carbonyl (C=O) groups excluding carboxylic acids is 3. The SMILES string of the molecule is COc1ccc2c(c1)c(CC(=O)OCC(=O)c1cccc(Br)c1)c(C)n2C(=O)c1ccc(Cl)cc1. The van der Waals surface area contributed by atoms with Crippen LogP contribution in [0.2, 0.25) is 5.02 Å². The first-order chi connectivity index (χ1) is 16.8. The van der Waals surface area contributed by atoms with Crippen LogP contribution in [0, 0.1) is 6.92 Å². The number of benzene rings is 3. The van der Waals surface area contributed by atoms with Crippen LogP contribution in [-0.4, -0.2) is 35.9 Å². The summed E-state index contributed by atoms with van der Waals surface area (Å²) < 4.78 is 13.0. The number of fused-ring (bicyclic) bond motifs is 1. The van der Waals surface area contributed by atoms with Gasteiger partial charge in [-0.3, -0.25) is 19.0 Å². The Morgan fingerprint density at radius 2 is 1.71 bits per heavy atom. The molecule has 0 saturated heterocycles. The Morgan fingerprint density at radius 3 is 2.40 bits per heavy atom. The van der Waals surface area contributed by atoms with Gasteiger partial charge in [0, 0.05) is 31.7 Å². The van der Waals surface area contributed by atoms with Crippen LogP contribution in [0.1, 0.15) is 32.0 Å². The van der Waals surface area contributed by atoms with E-state index in [0.717, 1.165) is 4.47 Å². The van der Waals surface area contributed by atoms with E-state index in [1.54, 1.807) is 85.3 Å². The molecule has 4 aromatic rings. The summed E-state index contributed by atoms with van der Waals surface area (Å²) in [5, 5.41) is 1.22. The Bertz CT molecular complexity index is 1440. The molecule has 0 spiro atoms. The van der Waals surface area contributed by atoms with Crippen molar-refractivity contribution in [2.45, 2.75) is 13.3 Å². The van der Waals surface area contributed by atoms with Gasteiger partial charge in [0.2, 0.25) is 0 Å². The average Bonchev–Trinajstić information content (AvgIpc) is 3.12. The molecule has 6 nitrogen and oxygen atoms in total.